The number of thiophene rings is 1. The Bertz CT molecular complexity index is 1020. The maximum absolute atomic E-state index is 13.3. The largest absolute Gasteiger partial charge is 0.338 e. The molecule has 0 radical (unpaired) electrons. The molecule has 1 atom stereocenters. The Labute approximate surface area is 170 Å². The van der Waals surface area contributed by atoms with Crippen molar-refractivity contribution in [3.8, 4) is 11.5 Å². The topological polar surface area (TPSA) is 79.5 Å². The van der Waals surface area contributed by atoms with Crippen molar-refractivity contribution in [2.75, 3.05) is 19.6 Å². The average molecular weight is 414 g/mol. The second kappa shape index (κ2) is 8.12. The van der Waals surface area contributed by atoms with Gasteiger partial charge in [0.15, 0.2) is 5.82 Å². The fourth-order valence-electron chi connectivity index (χ4n) is 3.34. The zero-order valence-corrected chi connectivity index (χ0v) is 16.6. The third kappa shape index (κ3) is 4.19. The van der Waals surface area contributed by atoms with Gasteiger partial charge in [0.2, 0.25) is 5.91 Å². The minimum absolute atomic E-state index is 0.00231. The molecule has 0 N–H and O–H groups in total. The molecule has 1 aromatic carbocycles. The number of amides is 2. The number of benzene rings is 1. The SMILES string of the molecule is CC1CN(C(=O)Cc2noc(-c3cccc(F)c3)n2)CCN1C(=O)c1cccs1. The van der Waals surface area contributed by atoms with E-state index in [2.05, 4.69) is 10.1 Å². The fourth-order valence-corrected chi connectivity index (χ4v) is 4.02. The van der Waals surface area contributed by atoms with Crippen LogP contribution in [-0.2, 0) is 11.2 Å². The third-order valence-corrected chi connectivity index (χ3v) is 5.68. The predicted molar refractivity (Wildman–Crippen MR) is 105 cm³/mol. The second-order valence-corrected chi connectivity index (χ2v) is 7.82. The molecule has 3 aromatic rings. The molecule has 3 heterocycles. The quantitative estimate of drug-likeness (QED) is 0.656. The van der Waals surface area contributed by atoms with E-state index >= 15 is 0 Å². The Hall–Kier alpha value is -3.07. The highest BCUT2D eigenvalue weighted by molar-refractivity contribution is 7.12. The monoisotopic (exact) mass is 414 g/mol. The molecular weight excluding hydrogens is 395 g/mol. The number of hydrogen-bond donors (Lipinski definition) is 0. The lowest BCUT2D eigenvalue weighted by atomic mass is 10.1. The summed E-state index contributed by atoms with van der Waals surface area (Å²) in [6.07, 6.45) is -0.00952. The van der Waals surface area contributed by atoms with Crippen LogP contribution in [0, 0.1) is 5.82 Å². The molecule has 1 saturated heterocycles. The zero-order chi connectivity index (χ0) is 20.4. The second-order valence-electron chi connectivity index (χ2n) is 6.87. The summed E-state index contributed by atoms with van der Waals surface area (Å²) in [5.41, 5.74) is 0.463. The van der Waals surface area contributed by atoms with Crippen molar-refractivity contribution in [3.05, 3.63) is 58.3 Å². The summed E-state index contributed by atoms with van der Waals surface area (Å²) in [7, 11) is 0. The first-order valence-electron chi connectivity index (χ1n) is 9.22. The van der Waals surface area contributed by atoms with Crippen LogP contribution in [0.1, 0.15) is 22.4 Å². The van der Waals surface area contributed by atoms with Gasteiger partial charge in [-0.25, -0.2) is 4.39 Å². The first-order valence-corrected chi connectivity index (χ1v) is 10.1. The van der Waals surface area contributed by atoms with E-state index in [1.165, 1.54) is 23.5 Å². The molecule has 7 nitrogen and oxygen atoms in total. The summed E-state index contributed by atoms with van der Waals surface area (Å²) >= 11 is 1.41. The van der Waals surface area contributed by atoms with Crippen LogP contribution in [0.2, 0.25) is 0 Å². The zero-order valence-electron chi connectivity index (χ0n) is 15.7. The molecule has 2 amide bonds. The van der Waals surface area contributed by atoms with E-state index in [4.69, 9.17) is 4.52 Å². The summed E-state index contributed by atoms with van der Waals surface area (Å²) < 4.78 is 18.5. The Kier molecular flexibility index (Phi) is 5.39. The van der Waals surface area contributed by atoms with Gasteiger partial charge >= 0.3 is 0 Å². The minimum Gasteiger partial charge on any atom is -0.338 e. The maximum Gasteiger partial charge on any atom is 0.264 e. The number of carbonyl (C=O) groups is 2. The van der Waals surface area contributed by atoms with Crippen molar-refractivity contribution < 1.29 is 18.5 Å². The highest BCUT2D eigenvalue weighted by atomic mass is 32.1. The van der Waals surface area contributed by atoms with Crippen molar-refractivity contribution in [1.82, 2.24) is 19.9 Å². The van der Waals surface area contributed by atoms with Crippen LogP contribution in [-0.4, -0.2) is 57.4 Å². The van der Waals surface area contributed by atoms with Gasteiger partial charge in [-0.1, -0.05) is 17.3 Å². The molecule has 4 rings (SSSR count). The lowest BCUT2D eigenvalue weighted by Crippen LogP contribution is -2.55. The molecule has 0 spiro atoms. The van der Waals surface area contributed by atoms with Gasteiger partial charge in [0.25, 0.3) is 11.8 Å². The van der Waals surface area contributed by atoms with Crippen LogP contribution in [0.3, 0.4) is 0 Å². The summed E-state index contributed by atoms with van der Waals surface area (Å²) in [6, 6.07) is 9.41. The molecule has 1 fully saturated rings. The van der Waals surface area contributed by atoms with E-state index < -0.39 is 5.82 Å². The van der Waals surface area contributed by atoms with E-state index in [1.54, 1.807) is 21.9 Å². The molecule has 2 aromatic heterocycles. The van der Waals surface area contributed by atoms with Crippen molar-refractivity contribution in [1.29, 1.82) is 0 Å². The maximum atomic E-state index is 13.3. The number of piperazine rings is 1. The van der Waals surface area contributed by atoms with Crippen LogP contribution in [0.25, 0.3) is 11.5 Å². The summed E-state index contributed by atoms with van der Waals surface area (Å²) in [5.74, 6) is -0.113. The first-order chi connectivity index (χ1) is 14.0. The lowest BCUT2D eigenvalue weighted by Gasteiger charge is -2.39. The van der Waals surface area contributed by atoms with Gasteiger partial charge < -0.3 is 14.3 Å². The van der Waals surface area contributed by atoms with Crippen LogP contribution in [0.15, 0.2) is 46.3 Å². The van der Waals surface area contributed by atoms with Crippen molar-refractivity contribution in [2.45, 2.75) is 19.4 Å². The Balaban J connectivity index is 1.37. The average Bonchev–Trinajstić information content (AvgIpc) is 3.39. The molecule has 0 aliphatic carbocycles. The van der Waals surface area contributed by atoms with Gasteiger partial charge in [-0.15, -0.1) is 11.3 Å². The Morgan fingerprint density at radius 3 is 2.86 bits per heavy atom. The number of hydrogen-bond acceptors (Lipinski definition) is 6. The van der Waals surface area contributed by atoms with Crippen molar-refractivity contribution in [2.24, 2.45) is 0 Å². The van der Waals surface area contributed by atoms with Gasteiger partial charge in [0.05, 0.1) is 11.3 Å². The third-order valence-electron chi connectivity index (χ3n) is 4.82. The standard InChI is InChI=1S/C20H19FN4O3S/c1-13-12-24(7-8-25(13)20(27)16-6-3-9-29-16)18(26)11-17-22-19(28-23-17)14-4-2-5-15(21)10-14/h2-6,9-10,13H,7-8,11-12H2,1H3. The van der Waals surface area contributed by atoms with Crippen LogP contribution in [0.5, 0.6) is 0 Å². The predicted octanol–water partition coefficient (Wildman–Crippen LogP) is 2.85. The molecule has 1 unspecified atom stereocenters. The number of carbonyl (C=O) groups excluding carboxylic acids is 2. The van der Waals surface area contributed by atoms with Crippen LogP contribution >= 0.6 is 11.3 Å². The molecule has 29 heavy (non-hydrogen) atoms. The fraction of sp³-hybridized carbons (Fsp3) is 0.300. The van der Waals surface area contributed by atoms with Crippen LogP contribution in [0.4, 0.5) is 4.39 Å². The van der Waals surface area contributed by atoms with E-state index in [0.29, 0.717) is 30.1 Å². The van der Waals surface area contributed by atoms with E-state index in [1.807, 2.05) is 24.4 Å². The van der Waals surface area contributed by atoms with Crippen molar-refractivity contribution >= 4 is 23.2 Å². The Morgan fingerprint density at radius 1 is 1.28 bits per heavy atom. The summed E-state index contributed by atoms with van der Waals surface area (Å²) in [5, 5.41) is 5.71. The smallest absolute Gasteiger partial charge is 0.264 e. The normalized spacial score (nSPS) is 16.8. The molecule has 1 aliphatic heterocycles. The number of nitrogens with zero attached hydrogens (tertiary/aromatic N) is 4. The summed E-state index contributed by atoms with van der Waals surface area (Å²) in [4.78, 5) is 33.6. The molecule has 150 valence electrons. The number of rotatable bonds is 4. The van der Waals surface area contributed by atoms with E-state index in [-0.39, 0.29) is 36.0 Å². The van der Waals surface area contributed by atoms with Gasteiger partial charge in [-0.05, 0) is 36.6 Å². The Morgan fingerprint density at radius 2 is 2.14 bits per heavy atom. The van der Waals surface area contributed by atoms with Gasteiger partial charge in [-0.2, -0.15) is 4.98 Å². The lowest BCUT2D eigenvalue weighted by molar-refractivity contribution is -0.133. The molecule has 0 bridgehead atoms. The van der Waals surface area contributed by atoms with Gasteiger partial charge in [0.1, 0.15) is 5.82 Å². The van der Waals surface area contributed by atoms with Gasteiger partial charge in [-0.3, -0.25) is 9.59 Å². The summed E-state index contributed by atoms with van der Waals surface area (Å²) in [6.45, 7) is 3.31. The molecule has 9 heteroatoms. The highest BCUT2D eigenvalue weighted by Crippen LogP contribution is 2.20. The molecule has 0 saturated carbocycles. The minimum atomic E-state index is -0.401. The molecular formula is C20H19FN4O3S. The number of aromatic nitrogens is 2. The van der Waals surface area contributed by atoms with Crippen molar-refractivity contribution in [3.63, 3.8) is 0 Å². The first kappa shape index (κ1) is 19.3. The van der Waals surface area contributed by atoms with Crippen LogP contribution < -0.4 is 0 Å². The number of halogens is 1. The van der Waals surface area contributed by atoms with Gasteiger partial charge in [0, 0.05) is 31.2 Å². The highest BCUT2D eigenvalue weighted by Gasteiger charge is 2.31. The van der Waals surface area contributed by atoms with E-state index in [0.717, 1.165) is 0 Å². The molecule has 1 aliphatic rings. The van der Waals surface area contributed by atoms with E-state index in [9.17, 15) is 14.0 Å².